The smallest absolute Gasteiger partial charge is 0.140 e. The van der Waals surface area contributed by atoms with Crippen LogP contribution in [0.15, 0.2) is 18.3 Å². The van der Waals surface area contributed by atoms with E-state index in [1.54, 1.807) is 12.3 Å². The summed E-state index contributed by atoms with van der Waals surface area (Å²) in [5, 5.41) is 9.03. The van der Waals surface area contributed by atoms with E-state index in [9.17, 15) is 0 Å². The molecular weight excluding hydrogens is 244 g/mol. The van der Waals surface area contributed by atoms with Crippen LogP contribution in [0.2, 0.25) is 0 Å². The topological polar surface area (TPSA) is 43.2 Å². The number of nitrogens with zero attached hydrogens (tertiary/aromatic N) is 4. The molecule has 2 heterocycles. The Kier molecular flexibility index (Phi) is 4.59. The molecule has 0 bridgehead atoms. The molecular formula is C13H18N4S. The lowest BCUT2D eigenvalue weighted by Gasteiger charge is -2.36. The largest absolute Gasteiger partial charge is 0.296 e. The molecule has 1 aliphatic rings. The summed E-state index contributed by atoms with van der Waals surface area (Å²) >= 11 is 4.46. The van der Waals surface area contributed by atoms with Crippen molar-refractivity contribution in [3.8, 4) is 6.07 Å². The van der Waals surface area contributed by atoms with Gasteiger partial charge in [-0.15, -0.1) is 0 Å². The third-order valence-electron chi connectivity index (χ3n) is 3.28. The molecule has 18 heavy (non-hydrogen) atoms. The average molecular weight is 262 g/mol. The van der Waals surface area contributed by atoms with Gasteiger partial charge in [0.25, 0.3) is 0 Å². The lowest BCUT2D eigenvalue weighted by Crippen LogP contribution is -2.47. The van der Waals surface area contributed by atoms with E-state index < -0.39 is 0 Å². The van der Waals surface area contributed by atoms with Crippen LogP contribution < -0.4 is 0 Å². The van der Waals surface area contributed by atoms with E-state index in [0.717, 1.165) is 32.7 Å². The van der Waals surface area contributed by atoms with Gasteiger partial charge in [-0.25, -0.2) is 4.98 Å². The summed E-state index contributed by atoms with van der Waals surface area (Å²) in [6.45, 7) is 7.27. The highest BCUT2D eigenvalue weighted by atomic mass is 32.1. The summed E-state index contributed by atoms with van der Waals surface area (Å²) < 4.78 is 0. The van der Waals surface area contributed by atoms with Crippen LogP contribution in [0.5, 0.6) is 0 Å². The second-order valence-corrected chi connectivity index (χ2v) is 5.35. The Hall–Kier alpha value is -1.09. The molecule has 0 radical (unpaired) electrons. The molecule has 1 atom stereocenters. The number of aromatic nitrogens is 1. The molecule has 1 unspecified atom stereocenters. The predicted molar refractivity (Wildman–Crippen MR) is 74.3 cm³/mol. The van der Waals surface area contributed by atoms with Crippen molar-refractivity contribution < 1.29 is 0 Å². The monoisotopic (exact) mass is 262 g/mol. The van der Waals surface area contributed by atoms with Crippen LogP contribution in [-0.4, -0.2) is 46.3 Å². The van der Waals surface area contributed by atoms with Gasteiger partial charge in [-0.3, -0.25) is 9.80 Å². The molecule has 0 saturated carbocycles. The predicted octanol–water partition coefficient (Wildman–Crippen LogP) is 1.35. The van der Waals surface area contributed by atoms with Crippen LogP contribution in [0.1, 0.15) is 18.2 Å². The molecule has 1 aromatic rings. The highest BCUT2D eigenvalue weighted by Gasteiger charge is 2.18. The first kappa shape index (κ1) is 13.3. The minimum absolute atomic E-state index is 0.337. The molecule has 0 amide bonds. The number of hydrogen-bond acceptors (Lipinski definition) is 5. The highest BCUT2D eigenvalue weighted by molar-refractivity contribution is 7.80. The maximum atomic E-state index is 8.70. The molecule has 4 nitrogen and oxygen atoms in total. The van der Waals surface area contributed by atoms with Crippen molar-refractivity contribution in [3.05, 3.63) is 29.6 Å². The Labute approximate surface area is 114 Å². The first-order valence-electron chi connectivity index (χ1n) is 6.18. The molecule has 1 saturated heterocycles. The molecule has 5 heteroatoms. The Bertz CT molecular complexity index is 416. The van der Waals surface area contributed by atoms with Crippen LogP contribution >= 0.6 is 12.6 Å². The molecule has 0 aromatic carbocycles. The Balaban J connectivity index is 1.86. The van der Waals surface area contributed by atoms with Gasteiger partial charge in [0.2, 0.25) is 0 Å². The zero-order valence-electron chi connectivity index (χ0n) is 10.6. The van der Waals surface area contributed by atoms with Gasteiger partial charge in [0, 0.05) is 44.3 Å². The Morgan fingerprint density at radius 2 is 2.11 bits per heavy atom. The van der Waals surface area contributed by atoms with Gasteiger partial charge in [-0.05, 0) is 18.6 Å². The highest BCUT2D eigenvalue weighted by Crippen LogP contribution is 2.11. The lowest BCUT2D eigenvalue weighted by molar-refractivity contribution is 0.123. The SMILES string of the molecule is CC(S)N1CCN(Cc2ccc(C#N)nc2)CC1. The second-order valence-electron chi connectivity index (χ2n) is 4.61. The Morgan fingerprint density at radius 1 is 1.39 bits per heavy atom. The molecule has 0 aliphatic carbocycles. The maximum absolute atomic E-state index is 8.70. The van der Waals surface area contributed by atoms with Crippen molar-refractivity contribution in [2.75, 3.05) is 26.2 Å². The maximum Gasteiger partial charge on any atom is 0.140 e. The van der Waals surface area contributed by atoms with Crippen molar-refractivity contribution in [2.45, 2.75) is 18.8 Å². The van der Waals surface area contributed by atoms with E-state index in [1.165, 1.54) is 5.56 Å². The van der Waals surface area contributed by atoms with Gasteiger partial charge in [0.05, 0.1) is 0 Å². The zero-order valence-corrected chi connectivity index (χ0v) is 11.5. The van der Waals surface area contributed by atoms with Gasteiger partial charge in [0.15, 0.2) is 0 Å². The third kappa shape index (κ3) is 3.45. The lowest BCUT2D eigenvalue weighted by atomic mass is 10.2. The van der Waals surface area contributed by atoms with Crippen LogP contribution in [0.25, 0.3) is 0 Å². The quantitative estimate of drug-likeness (QED) is 0.835. The van der Waals surface area contributed by atoms with E-state index in [4.69, 9.17) is 5.26 Å². The van der Waals surface area contributed by atoms with Crippen LogP contribution in [0.4, 0.5) is 0 Å². The number of thiol groups is 1. The number of nitriles is 1. The van der Waals surface area contributed by atoms with Crippen LogP contribution in [0.3, 0.4) is 0 Å². The molecule has 1 fully saturated rings. The van der Waals surface area contributed by atoms with Crippen LogP contribution in [0, 0.1) is 11.3 Å². The number of hydrogen-bond donors (Lipinski definition) is 1. The van der Waals surface area contributed by atoms with Gasteiger partial charge in [-0.2, -0.15) is 17.9 Å². The molecule has 1 aromatic heterocycles. The van der Waals surface area contributed by atoms with Crippen molar-refractivity contribution >= 4 is 12.6 Å². The molecule has 96 valence electrons. The second kappa shape index (κ2) is 6.19. The Morgan fingerprint density at radius 3 is 2.61 bits per heavy atom. The fourth-order valence-corrected chi connectivity index (χ4v) is 2.37. The van der Waals surface area contributed by atoms with E-state index in [-0.39, 0.29) is 0 Å². The summed E-state index contributed by atoms with van der Waals surface area (Å²) in [6, 6.07) is 5.80. The van der Waals surface area contributed by atoms with Gasteiger partial charge < -0.3 is 0 Å². The molecule has 2 rings (SSSR count). The van der Waals surface area contributed by atoms with Gasteiger partial charge >= 0.3 is 0 Å². The normalized spacial score (nSPS) is 19.4. The van der Waals surface area contributed by atoms with Gasteiger partial charge in [0.1, 0.15) is 11.8 Å². The first-order valence-corrected chi connectivity index (χ1v) is 6.70. The summed E-state index contributed by atoms with van der Waals surface area (Å²) in [4.78, 5) is 8.88. The van der Waals surface area contributed by atoms with Crippen molar-refractivity contribution in [1.82, 2.24) is 14.8 Å². The van der Waals surface area contributed by atoms with Crippen LogP contribution in [-0.2, 0) is 6.54 Å². The van der Waals surface area contributed by atoms with E-state index in [0.29, 0.717) is 11.1 Å². The fourth-order valence-electron chi connectivity index (χ4n) is 2.14. The summed E-state index contributed by atoms with van der Waals surface area (Å²) in [5.74, 6) is 0. The first-order chi connectivity index (χ1) is 8.69. The van der Waals surface area contributed by atoms with Crippen molar-refractivity contribution in [1.29, 1.82) is 5.26 Å². The molecule has 0 spiro atoms. The van der Waals surface area contributed by atoms with Gasteiger partial charge in [-0.1, -0.05) is 6.07 Å². The molecule has 0 N–H and O–H groups in total. The van der Waals surface area contributed by atoms with Crippen molar-refractivity contribution in [3.63, 3.8) is 0 Å². The summed E-state index contributed by atoms with van der Waals surface area (Å²) in [6.07, 6.45) is 1.80. The zero-order chi connectivity index (χ0) is 13.0. The standard InChI is InChI=1S/C13H18N4S/c1-11(18)17-6-4-16(5-7-17)10-12-2-3-13(8-14)15-9-12/h2-3,9,11,18H,4-7,10H2,1H3. The fraction of sp³-hybridized carbons (Fsp3) is 0.538. The number of piperazine rings is 1. The van der Waals surface area contributed by atoms with E-state index in [2.05, 4.69) is 34.3 Å². The van der Waals surface area contributed by atoms with E-state index in [1.807, 2.05) is 12.1 Å². The number of pyridine rings is 1. The summed E-state index contributed by atoms with van der Waals surface area (Å²) in [7, 11) is 0. The minimum atomic E-state index is 0.337. The van der Waals surface area contributed by atoms with E-state index >= 15 is 0 Å². The third-order valence-corrected chi connectivity index (χ3v) is 3.61. The minimum Gasteiger partial charge on any atom is -0.296 e. The van der Waals surface area contributed by atoms with Crippen molar-refractivity contribution in [2.24, 2.45) is 0 Å². The number of rotatable bonds is 3. The summed E-state index contributed by atoms with van der Waals surface area (Å²) in [5.41, 5.74) is 1.65. The average Bonchev–Trinajstić information content (AvgIpc) is 2.40. The molecule has 1 aliphatic heterocycles.